The van der Waals surface area contributed by atoms with Crippen molar-refractivity contribution in [2.24, 2.45) is 0 Å². The molecule has 0 radical (unpaired) electrons. The SMILES string of the molecule is CNCc1ccc(Cl)c(S(=O)(=O)NC2CCCC2)c1. The van der Waals surface area contributed by atoms with Crippen molar-refractivity contribution in [3.63, 3.8) is 0 Å². The van der Waals surface area contributed by atoms with E-state index in [-0.39, 0.29) is 16.0 Å². The maximum absolute atomic E-state index is 12.3. The van der Waals surface area contributed by atoms with Crippen molar-refractivity contribution in [1.29, 1.82) is 0 Å². The molecule has 0 heterocycles. The fourth-order valence-corrected chi connectivity index (χ4v) is 4.25. The first-order valence-corrected chi connectivity index (χ1v) is 8.34. The van der Waals surface area contributed by atoms with E-state index < -0.39 is 10.0 Å². The second-order valence-corrected chi connectivity index (χ2v) is 6.99. The lowest BCUT2D eigenvalue weighted by Gasteiger charge is -2.14. The third-order valence-corrected chi connectivity index (χ3v) is 5.35. The highest BCUT2D eigenvalue weighted by molar-refractivity contribution is 7.89. The van der Waals surface area contributed by atoms with E-state index in [4.69, 9.17) is 11.6 Å². The summed E-state index contributed by atoms with van der Waals surface area (Å²) < 4.78 is 27.4. The summed E-state index contributed by atoms with van der Waals surface area (Å²) in [5.74, 6) is 0. The number of benzene rings is 1. The molecule has 1 aromatic carbocycles. The van der Waals surface area contributed by atoms with Gasteiger partial charge in [0.05, 0.1) is 5.02 Å². The summed E-state index contributed by atoms with van der Waals surface area (Å²) in [5.41, 5.74) is 0.902. The molecule has 2 N–H and O–H groups in total. The van der Waals surface area contributed by atoms with Crippen molar-refractivity contribution < 1.29 is 8.42 Å². The first kappa shape index (κ1) is 14.8. The van der Waals surface area contributed by atoms with Gasteiger partial charge >= 0.3 is 0 Å². The van der Waals surface area contributed by atoms with Crippen molar-refractivity contribution in [2.45, 2.75) is 43.2 Å². The minimum Gasteiger partial charge on any atom is -0.316 e. The average Bonchev–Trinajstić information content (AvgIpc) is 2.84. The molecule has 2 rings (SSSR count). The third kappa shape index (κ3) is 3.69. The van der Waals surface area contributed by atoms with Gasteiger partial charge in [-0.2, -0.15) is 0 Å². The molecule has 1 saturated carbocycles. The van der Waals surface area contributed by atoms with Crippen LogP contribution in [-0.4, -0.2) is 21.5 Å². The molecule has 106 valence electrons. The Bertz CT molecular complexity index is 540. The van der Waals surface area contributed by atoms with Crippen LogP contribution in [0.2, 0.25) is 5.02 Å². The van der Waals surface area contributed by atoms with Gasteiger partial charge in [-0.1, -0.05) is 30.5 Å². The molecule has 0 bridgehead atoms. The second-order valence-electron chi connectivity index (χ2n) is 4.90. The van der Waals surface area contributed by atoms with Gasteiger partial charge in [-0.3, -0.25) is 0 Å². The van der Waals surface area contributed by atoms with Crippen LogP contribution in [-0.2, 0) is 16.6 Å². The van der Waals surface area contributed by atoms with Crippen molar-refractivity contribution in [1.82, 2.24) is 10.0 Å². The average molecular weight is 303 g/mol. The largest absolute Gasteiger partial charge is 0.316 e. The smallest absolute Gasteiger partial charge is 0.242 e. The Morgan fingerprint density at radius 2 is 2.00 bits per heavy atom. The van der Waals surface area contributed by atoms with Gasteiger partial charge in [-0.25, -0.2) is 13.1 Å². The molecule has 4 nitrogen and oxygen atoms in total. The molecule has 0 spiro atoms. The van der Waals surface area contributed by atoms with Crippen LogP contribution in [0.3, 0.4) is 0 Å². The zero-order valence-electron chi connectivity index (χ0n) is 10.9. The van der Waals surface area contributed by atoms with E-state index in [2.05, 4.69) is 10.0 Å². The molecule has 1 aliphatic rings. The summed E-state index contributed by atoms with van der Waals surface area (Å²) in [6.07, 6.45) is 3.99. The van der Waals surface area contributed by atoms with E-state index in [0.717, 1.165) is 31.2 Å². The maximum atomic E-state index is 12.3. The van der Waals surface area contributed by atoms with E-state index in [1.807, 2.05) is 13.1 Å². The van der Waals surface area contributed by atoms with E-state index in [9.17, 15) is 8.42 Å². The molecule has 1 aromatic rings. The van der Waals surface area contributed by atoms with E-state index in [0.29, 0.717) is 6.54 Å². The summed E-state index contributed by atoms with van der Waals surface area (Å²) in [7, 11) is -1.71. The van der Waals surface area contributed by atoms with Crippen LogP contribution in [0.5, 0.6) is 0 Å². The van der Waals surface area contributed by atoms with Gasteiger partial charge in [-0.05, 0) is 37.6 Å². The molecule has 0 aliphatic heterocycles. The Labute approximate surface area is 119 Å². The van der Waals surface area contributed by atoms with Crippen LogP contribution in [0.1, 0.15) is 31.2 Å². The van der Waals surface area contributed by atoms with Crippen LogP contribution in [0.25, 0.3) is 0 Å². The highest BCUT2D eigenvalue weighted by Crippen LogP contribution is 2.25. The molecule has 6 heteroatoms. The molecule has 0 amide bonds. The van der Waals surface area contributed by atoms with E-state index in [1.165, 1.54) is 0 Å². The number of hydrogen-bond donors (Lipinski definition) is 2. The highest BCUT2D eigenvalue weighted by atomic mass is 35.5. The zero-order valence-corrected chi connectivity index (χ0v) is 12.5. The molecule has 0 saturated heterocycles. The fourth-order valence-electron chi connectivity index (χ4n) is 2.39. The lowest BCUT2D eigenvalue weighted by molar-refractivity contribution is 0.552. The molecule has 19 heavy (non-hydrogen) atoms. The fraction of sp³-hybridized carbons (Fsp3) is 0.538. The minimum absolute atomic E-state index is 0.0500. The summed E-state index contributed by atoms with van der Waals surface area (Å²) in [6.45, 7) is 0.614. The standard InChI is InChI=1S/C13H19ClN2O2S/c1-15-9-10-6-7-12(14)13(8-10)19(17,18)16-11-4-2-3-5-11/h6-8,11,15-16H,2-5,9H2,1H3. The maximum Gasteiger partial charge on any atom is 0.242 e. The summed E-state index contributed by atoms with van der Waals surface area (Å²) in [5, 5.41) is 3.27. The second kappa shape index (κ2) is 6.22. The number of halogens is 1. The highest BCUT2D eigenvalue weighted by Gasteiger charge is 2.24. The molecule has 1 fully saturated rings. The zero-order chi connectivity index (χ0) is 13.9. The Morgan fingerprint density at radius 1 is 1.32 bits per heavy atom. The van der Waals surface area contributed by atoms with Crippen LogP contribution in [0.15, 0.2) is 23.1 Å². The van der Waals surface area contributed by atoms with Gasteiger partial charge in [0, 0.05) is 12.6 Å². The van der Waals surface area contributed by atoms with Crippen LogP contribution >= 0.6 is 11.6 Å². The van der Waals surface area contributed by atoms with E-state index in [1.54, 1.807) is 12.1 Å². The normalized spacial score (nSPS) is 16.9. The number of nitrogens with one attached hydrogen (secondary N) is 2. The van der Waals surface area contributed by atoms with Crippen LogP contribution in [0.4, 0.5) is 0 Å². The molecule has 1 aliphatic carbocycles. The Balaban J connectivity index is 2.25. The van der Waals surface area contributed by atoms with Gasteiger partial charge in [-0.15, -0.1) is 0 Å². The van der Waals surface area contributed by atoms with Gasteiger partial charge in [0.15, 0.2) is 0 Å². The van der Waals surface area contributed by atoms with Crippen LogP contribution < -0.4 is 10.0 Å². The first-order chi connectivity index (χ1) is 9.03. The third-order valence-electron chi connectivity index (χ3n) is 3.34. The Kier molecular flexibility index (Phi) is 4.84. The van der Waals surface area contributed by atoms with Crippen molar-refractivity contribution in [3.8, 4) is 0 Å². The minimum atomic E-state index is -3.52. The molecular formula is C13H19ClN2O2S. The summed E-state index contributed by atoms with van der Waals surface area (Å²) >= 11 is 6.03. The lowest BCUT2D eigenvalue weighted by atomic mass is 10.2. The Morgan fingerprint density at radius 3 is 2.63 bits per heavy atom. The van der Waals surface area contributed by atoms with Crippen LogP contribution in [0, 0.1) is 0 Å². The van der Waals surface area contributed by atoms with Gasteiger partial charge in [0.2, 0.25) is 10.0 Å². The molecule has 0 unspecified atom stereocenters. The predicted octanol–water partition coefficient (Wildman–Crippen LogP) is 2.28. The van der Waals surface area contributed by atoms with E-state index >= 15 is 0 Å². The molecule has 0 aromatic heterocycles. The monoisotopic (exact) mass is 302 g/mol. The van der Waals surface area contributed by atoms with Crippen molar-refractivity contribution in [3.05, 3.63) is 28.8 Å². The number of sulfonamides is 1. The first-order valence-electron chi connectivity index (χ1n) is 6.48. The number of hydrogen-bond acceptors (Lipinski definition) is 3. The Hall–Kier alpha value is -0.620. The van der Waals surface area contributed by atoms with Gasteiger partial charge in [0.25, 0.3) is 0 Å². The lowest BCUT2D eigenvalue weighted by Crippen LogP contribution is -2.32. The predicted molar refractivity (Wildman–Crippen MR) is 76.8 cm³/mol. The van der Waals surface area contributed by atoms with Gasteiger partial charge in [0.1, 0.15) is 4.90 Å². The quantitative estimate of drug-likeness (QED) is 0.877. The molecular weight excluding hydrogens is 284 g/mol. The summed E-state index contributed by atoms with van der Waals surface area (Å²) in [6, 6.07) is 5.15. The van der Waals surface area contributed by atoms with Gasteiger partial charge < -0.3 is 5.32 Å². The van der Waals surface area contributed by atoms with Crippen molar-refractivity contribution in [2.75, 3.05) is 7.05 Å². The van der Waals surface area contributed by atoms with Crippen molar-refractivity contribution >= 4 is 21.6 Å². The topological polar surface area (TPSA) is 58.2 Å². The molecule has 0 atom stereocenters. The summed E-state index contributed by atoms with van der Waals surface area (Å²) in [4.78, 5) is 0.175. The number of rotatable bonds is 5.